The molecule has 1 aromatic rings. The highest BCUT2D eigenvalue weighted by Crippen LogP contribution is 2.16. The van der Waals surface area contributed by atoms with E-state index in [0.29, 0.717) is 5.90 Å². The second-order valence-electron chi connectivity index (χ2n) is 3.52. The van der Waals surface area contributed by atoms with Crippen molar-refractivity contribution in [3.05, 3.63) is 35.9 Å². The number of aliphatic imine (C=N–C) groups is 1. The van der Waals surface area contributed by atoms with E-state index < -0.39 is 0 Å². The number of carbonyl (C=O) groups is 1. The first-order valence-electron chi connectivity index (χ1n) is 5.16. The SMILES string of the molecule is CCCC1OC(c2ccccc2)=NC1=O. The minimum Gasteiger partial charge on any atom is -0.464 e. The summed E-state index contributed by atoms with van der Waals surface area (Å²) < 4.78 is 5.50. The van der Waals surface area contributed by atoms with Crippen LogP contribution in [0.1, 0.15) is 25.3 Å². The summed E-state index contributed by atoms with van der Waals surface area (Å²) in [5.74, 6) is 0.301. The summed E-state index contributed by atoms with van der Waals surface area (Å²) >= 11 is 0. The lowest BCUT2D eigenvalue weighted by molar-refractivity contribution is -0.122. The molecular weight excluding hydrogens is 190 g/mol. The molecule has 1 heterocycles. The van der Waals surface area contributed by atoms with Gasteiger partial charge in [-0.15, -0.1) is 0 Å². The summed E-state index contributed by atoms with van der Waals surface area (Å²) in [4.78, 5) is 15.3. The van der Waals surface area contributed by atoms with Gasteiger partial charge in [0.1, 0.15) is 0 Å². The summed E-state index contributed by atoms with van der Waals surface area (Å²) in [5.41, 5.74) is 0.865. The molecular formula is C12H13NO2. The first-order valence-corrected chi connectivity index (χ1v) is 5.16. The maximum absolute atomic E-state index is 11.4. The molecule has 0 bridgehead atoms. The molecule has 1 aromatic carbocycles. The zero-order valence-electron chi connectivity index (χ0n) is 8.64. The average molecular weight is 203 g/mol. The second kappa shape index (κ2) is 4.26. The Bertz CT molecular complexity index is 384. The summed E-state index contributed by atoms with van der Waals surface area (Å²) in [6.45, 7) is 2.02. The van der Waals surface area contributed by atoms with E-state index in [0.717, 1.165) is 18.4 Å². The van der Waals surface area contributed by atoms with Gasteiger partial charge >= 0.3 is 0 Å². The molecule has 0 saturated heterocycles. The van der Waals surface area contributed by atoms with Crippen molar-refractivity contribution in [3.8, 4) is 0 Å². The third kappa shape index (κ3) is 2.06. The molecule has 1 atom stereocenters. The Labute approximate surface area is 88.8 Å². The quantitative estimate of drug-likeness (QED) is 0.755. The van der Waals surface area contributed by atoms with Crippen molar-refractivity contribution in [1.29, 1.82) is 0 Å². The van der Waals surface area contributed by atoms with Gasteiger partial charge in [0.25, 0.3) is 5.91 Å². The third-order valence-corrected chi connectivity index (χ3v) is 2.31. The lowest BCUT2D eigenvalue weighted by atomic mass is 10.2. The Balaban J connectivity index is 2.14. The minimum atomic E-state index is -0.370. The number of hydrogen-bond acceptors (Lipinski definition) is 2. The Morgan fingerprint density at radius 1 is 1.33 bits per heavy atom. The Kier molecular flexibility index (Phi) is 2.81. The first kappa shape index (κ1) is 9.90. The molecule has 1 unspecified atom stereocenters. The number of rotatable bonds is 3. The number of carbonyl (C=O) groups excluding carboxylic acids is 1. The van der Waals surface area contributed by atoms with Crippen molar-refractivity contribution in [3.63, 3.8) is 0 Å². The fourth-order valence-corrected chi connectivity index (χ4v) is 1.54. The van der Waals surface area contributed by atoms with E-state index in [4.69, 9.17) is 4.74 Å². The predicted molar refractivity (Wildman–Crippen MR) is 57.8 cm³/mol. The largest absolute Gasteiger partial charge is 0.464 e. The second-order valence-corrected chi connectivity index (χ2v) is 3.52. The number of hydrogen-bond donors (Lipinski definition) is 0. The molecule has 0 N–H and O–H groups in total. The van der Waals surface area contributed by atoms with E-state index >= 15 is 0 Å². The van der Waals surface area contributed by atoms with Gasteiger partial charge in [-0.25, -0.2) is 0 Å². The van der Waals surface area contributed by atoms with Gasteiger partial charge in [0, 0.05) is 5.56 Å². The molecule has 0 fully saturated rings. The topological polar surface area (TPSA) is 38.7 Å². The van der Waals surface area contributed by atoms with Crippen molar-refractivity contribution in [2.24, 2.45) is 4.99 Å². The maximum atomic E-state index is 11.4. The molecule has 0 aromatic heterocycles. The Morgan fingerprint density at radius 2 is 2.07 bits per heavy atom. The van der Waals surface area contributed by atoms with Crippen LogP contribution in [0.15, 0.2) is 35.3 Å². The van der Waals surface area contributed by atoms with Crippen LogP contribution < -0.4 is 0 Å². The van der Waals surface area contributed by atoms with Crippen LogP contribution in [0.3, 0.4) is 0 Å². The van der Waals surface area contributed by atoms with Gasteiger partial charge in [0.2, 0.25) is 5.90 Å². The highest BCUT2D eigenvalue weighted by molar-refractivity contribution is 6.07. The van der Waals surface area contributed by atoms with E-state index in [1.54, 1.807) is 0 Å². The molecule has 0 radical (unpaired) electrons. The zero-order valence-corrected chi connectivity index (χ0v) is 8.64. The van der Waals surface area contributed by atoms with Gasteiger partial charge in [-0.05, 0) is 18.6 Å². The lowest BCUT2D eigenvalue weighted by Gasteiger charge is -2.07. The molecule has 1 amide bonds. The normalized spacial score (nSPS) is 19.9. The summed E-state index contributed by atoms with van der Waals surface area (Å²) in [6.07, 6.45) is 1.29. The van der Waals surface area contributed by atoms with Gasteiger partial charge in [-0.1, -0.05) is 31.5 Å². The molecule has 3 heteroatoms. The van der Waals surface area contributed by atoms with Crippen LogP contribution in [0.5, 0.6) is 0 Å². The summed E-state index contributed by atoms with van der Waals surface area (Å²) in [5, 5.41) is 0. The highest BCUT2D eigenvalue weighted by atomic mass is 16.5. The smallest absolute Gasteiger partial charge is 0.290 e. The van der Waals surface area contributed by atoms with Gasteiger partial charge in [-0.2, -0.15) is 4.99 Å². The lowest BCUT2D eigenvalue weighted by Crippen LogP contribution is -2.17. The molecule has 1 aliphatic heterocycles. The fraction of sp³-hybridized carbons (Fsp3) is 0.333. The van der Waals surface area contributed by atoms with E-state index in [9.17, 15) is 4.79 Å². The van der Waals surface area contributed by atoms with Crippen LogP contribution >= 0.6 is 0 Å². The van der Waals surface area contributed by atoms with E-state index in [1.807, 2.05) is 37.3 Å². The standard InChI is InChI=1S/C12H13NO2/c1-2-6-10-11(14)13-12(15-10)9-7-4-3-5-8-9/h3-5,7-8,10H,2,6H2,1H3. The van der Waals surface area contributed by atoms with Crippen molar-refractivity contribution in [2.75, 3.05) is 0 Å². The van der Waals surface area contributed by atoms with E-state index in [-0.39, 0.29) is 12.0 Å². The van der Waals surface area contributed by atoms with Crippen molar-refractivity contribution in [2.45, 2.75) is 25.9 Å². The van der Waals surface area contributed by atoms with Crippen molar-refractivity contribution in [1.82, 2.24) is 0 Å². The first-order chi connectivity index (χ1) is 7.31. The molecule has 0 spiro atoms. The number of amides is 1. The maximum Gasteiger partial charge on any atom is 0.290 e. The average Bonchev–Trinajstić information content (AvgIpc) is 2.63. The summed E-state index contributed by atoms with van der Waals surface area (Å²) in [6, 6.07) is 9.50. The van der Waals surface area contributed by atoms with Gasteiger partial charge < -0.3 is 4.74 Å². The highest BCUT2D eigenvalue weighted by Gasteiger charge is 2.28. The Hall–Kier alpha value is -1.64. The third-order valence-electron chi connectivity index (χ3n) is 2.31. The van der Waals surface area contributed by atoms with Crippen LogP contribution in [0, 0.1) is 0 Å². The van der Waals surface area contributed by atoms with Crippen LogP contribution in [0.25, 0.3) is 0 Å². The van der Waals surface area contributed by atoms with Crippen LogP contribution in [-0.4, -0.2) is 17.9 Å². The molecule has 0 aliphatic carbocycles. The molecule has 0 saturated carbocycles. The van der Waals surface area contributed by atoms with Gasteiger partial charge in [-0.3, -0.25) is 4.79 Å². The molecule has 15 heavy (non-hydrogen) atoms. The van der Waals surface area contributed by atoms with E-state index in [1.165, 1.54) is 0 Å². The predicted octanol–water partition coefficient (Wildman–Crippen LogP) is 2.16. The summed E-state index contributed by atoms with van der Waals surface area (Å²) in [7, 11) is 0. The van der Waals surface area contributed by atoms with Crippen LogP contribution in [0.2, 0.25) is 0 Å². The zero-order chi connectivity index (χ0) is 10.7. The molecule has 78 valence electrons. The van der Waals surface area contributed by atoms with Gasteiger partial charge in [0.05, 0.1) is 0 Å². The van der Waals surface area contributed by atoms with Gasteiger partial charge in [0.15, 0.2) is 6.10 Å². The minimum absolute atomic E-state index is 0.157. The molecule has 1 aliphatic rings. The van der Waals surface area contributed by atoms with E-state index in [2.05, 4.69) is 4.99 Å². The fourth-order valence-electron chi connectivity index (χ4n) is 1.54. The monoisotopic (exact) mass is 203 g/mol. The number of nitrogens with zero attached hydrogens (tertiary/aromatic N) is 1. The van der Waals surface area contributed by atoms with Crippen LogP contribution in [0.4, 0.5) is 0 Å². The van der Waals surface area contributed by atoms with Crippen molar-refractivity contribution < 1.29 is 9.53 Å². The molecule has 3 nitrogen and oxygen atoms in total. The Morgan fingerprint density at radius 3 is 2.73 bits per heavy atom. The molecule has 2 rings (SSSR count). The van der Waals surface area contributed by atoms with Crippen LogP contribution in [-0.2, 0) is 9.53 Å². The number of ether oxygens (including phenoxy) is 1. The number of benzene rings is 1. The van der Waals surface area contributed by atoms with Crippen molar-refractivity contribution >= 4 is 11.8 Å².